The third kappa shape index (κ3) is 7.85. The van der Waals surface area contributed by atoms with Crippen LogP contribution in [0.25, 0.3) is 22.9 Å². The molecule has 2 aromatic carbocycles. The van der Waals surface area contributed by atoms with E-state index in [1.807, 2.05) is 5.38 Å². The molecule has 0 aliphatic heterocycles. The molecule has 0 aliphatic carbocycles. The van der Waals surface area contributed by atoms with Crippen LogP contribution < -0.4 is 16.2 Å². The monoisotopic (exact) mass is 645 g/mol. The summed E-state index contributed by atoms with van der Waals surface area (Å²) in [4.78, 5) is 42.4. The van der Waals surface area contributed by atoms with E-state index in [1.165, 1.54) is 24.2 Å². The number of hydrogen-bond donors (Lipinski definition) is 3. The summed E-state index contributed by atoms with van der Waals surface area (Å²) in [6.45, 7) is 4.13. The molecule has 2 amide bonds. The molecule has 0 spiro atoms. The van der Waals surface area contributed by atoms with Crippen LogP contribution in [0.2, 0.25) is 5.02 Å². The lowest BCUT2D eigenvalue weighted by Gasteiger charge is -2.17. The Bertz CT molecular complexity index is 1890. The van der Waals surface area contributed by atoms with Crippen molar-refractivity contribution in [3.05, 3.63) is 104 Å². The molecule has 5 aromatic rings. The molecule has 0 saturated carbocycles. The van der Waals surface area contributed by atoms with Crippen LogP contribution in [0.1, 0.15) is 47.8 Å². The number of H-pyrrole nitrogens is 1. The highest BCUT2D eigenvalue weighted by atomic mass is 35.5. The Morgan fingerprint density at radius 3 is 2.64 bits per heavy atom. The van der Waals surface area contributed by atoms with E-state index < -0.39 is 23.6 Å². The zero-order valence-corrected chi connectivity index (χ0v) is 26.0. The van der Waals surface area contributed by atoms with Gasteiger partial charge in [0.1, 0.15) is 6.33 Å². The number of tetrazole rings is 1. The molecule has 0 bridgehead atoms. The number of halogens is 1. The number of rotatable bonds is 10. The van der Waals surface area contributed by atoms with Gasteiger partial charge in [0.05, 0.1) is 40.8 Å². The Balaban J connectivity index is 1.44. The normalized spacial score (nSPS) is 11.9. The lowest BCUT2D eigenvalue weighted by molar-refractivity contribution is -0.117. The fourth-order valence-corrected chi connectivity index (χ4v) is 5.39. The predicted octanol–water partition coefficient (Wildman–Crippen LogP) is 4.94. The summed E-state index contributed by atoms with van der Waals surface area (Å²) >= 11 is 7.77. The molecule has 45 heavy (non-hydrogen) atoms. The third-order valence-electron chi connectivity index (χ3n) is 6.60. The molecule has 230 valence electrons. The molecule has 0 aliphatic rings. The first-order valence-corrected chi connectivity index (χ1v) is 15.0. The molecular formula is C30H28ClN9O4S. The number of nitrogens with one attached hydrogen (secondary N) is 3. The van der Waals surface area contributed by atoms with E-state index in [0.717, 1.165) is 10.7 Å². The summed E-state index contributed by atoms with van der Waals surface area (Å²) in [5.41, 5.74) is 3.48. The summed E-state index contributed by atoms with van der Waals surface area (Å²) in [5.74, 6) is -0.156. The van der Waals surface area contributed by atoms with Crippen LogP contribution in [0.4, 0.5) is 10.5 Å². The minimum Gasteiger partial charge on any atom is -0.453 e. The van der Waals surface area contributed by atoms with Gasteiger partial charge in [-0.3, -0.25) is 14.9 Å². The van der Waals surface area contributed by atoms with Crippen molar-refractivity contribution in [1.29, 1.82) is 0 Å². The Morgan fingerprint density at radius 1 is 1.16 bits per heavy atom. The highest BCUT2D eigenvalue weighted by Crippen LogP contribution is 2.26. The lowest BCUT2D eigenvalue weighted by atomic mass is 10.0. The number of benzene rings is 2. The average Bonchev–Trinajstić information content (AvgIpc) is 3.74. The fraction of sp³-hybridized carbons (Fsp3) is 0.200. The van der Waals surface area contributed by atoms with Crippen molar-refractivity contribution in [3.63, 3.8) is 0 Å². The van der Waals surface area contributed by atoms with E-state index in [1.54, 1.807) is 65.9 Å². The van der Waals surface area contributed by atoms with Gasteiger partial charge in [-0.25, -0.2) is 14.9 Å². The maximum Gasteiger partial charge on any atom is 0.411 e. The van der Waals surface area contributed by atoms with Gasteiger partial charge in [0, 0.05) is 40.1 Å². The summed E-state index contributed by atoms with van der Waals surface area (Å²) < 4.78 is 6.09. The maximum atomic E-state index is 13.3. The van der Waals surface area contributed by atoms with Gasteiger partial charge < -0.3 is 10.1 Å². The number of carbonyl (C=O) groups excluding carboxylic acids is 2. The Kier molecular flexibility index (Phi) is 9.75. The highest BCUT2D eigenvalue weighted by molar-refractivity contribution is 7.09. The quantitative estimate of drug-likeness (QED) is 0.178. The Hall–Kier alpha value is -5.21. The summed E-state index contributed by atoms with van der Waals surface area (Å²) in [5, 5.41) is 27.1. The Morgan fingerprint density at radius 2 is 1.96 bits per heavy atom. The number of methoxy groups -OCH3 is 1. The molecule has 15 heteroatoms. The van der Waals surface area contributed by atoms with Crippen molar-refractivity contribution < 1.29 is 14.3 Å². The second-order valence-corrected chi connectivity index (χ2v) is 11.4. The van der Waals surface area contributed by atoms with E-state index in [-0.39, 0.29) is 5.92 Å². The highest BCUT2D eigenvalue weighted by Gasteiger charge is 2.20. The first-order valence-electron chi connectivity index (χ1n) is 13.7. The minimum atomic E-state index is -0.640. The molecule has 0 saturated heterocycles. The smallest absolute Gasteiger partial charge is 0.411 e. The number of ether oxygens (including phenoxy) is 1. The van der Waals surface area contributed by atoms with Gasteiger partial charge in [0.15, 0.2) is 0 Å². The third-order valence-corrected chi connectivity index (χ3v) is 8.03. The van der Waals surface area contributed by atoms with Crippen molar-refractivity contribution in [1.82, 2.24) is 40.7 Å². The first-order chi connectivity index (χ1) is 21.7. The average molecular weight is 646 g/mol. The van der Waals surface area contributed by atoms with Gasteiger partial charge in [0.2, 0.25) is 5.91 Å². The second kappa shape index (κ2) is 14.1. The summed E-state index contributed by atoms with van der Waals surface area (Å²) in [7, 11) is 1.27. The number of anilines is 1. The van der Waals surface area contributed by atoms with Gasteiger partial charge in [-0.05, 0) is 58.5 Å². The van der Waals surface area contributed by atoms with Crippen LogP contribution in [-0.2, 0) is 16.0 Å². The lowest BCUT2D eigenvalue weighted by Crippen LogP contribution is -2.30. The van der Waals surface area contributed by atoms with Crippen LogP contribution in [0.15, 0.2) is 71.1 Å². The van der Waals surface area contributed by atoms with Crippen molar-refractivity contribution in [2.75, 3.05) is 12.4 Å². The molecule has 13 nitrogen and oxygen atoms in total. The van der Waals surface area contributed by atoms with E-state index in [4.69, 9.17) is 16.6 Å². The molecule has 3 N–H and O–H groups in total. The number of amides is 2. The molecule has 0 fully saturated rings. The van der Waals surface area contributed by atoms with Crippen LogP contribution >= 0.6 is 22.9 Å². The Labute approximate surface area is 266 Å². The zero-order chi connectivity index (χ0) is 31.9. The van der Waals surface area contributed by atoms with E-state index in [9.17, 15) is 14.4 Å². The van der Waals surface area contributed by atoms with Crippen LogP contribution in [0, 0.1) is 0 Å². The molecule has 3 aromatic heterocycles. The summed E-state index contributed by atoms with van der Waals surface area (Å²) in [6.07, 6.45) is 4.16. The minimum absolute atomic E-state index is 0.251. The molecule has 3 heterocycles. The molecule has 1 unspecified atom stereocenters. The zero-order valence-electron chi connectivity index (χ0n) is 24.4. The van der Waals surface area contributed by atoms with Gasteiger partial charge in [0.25, 0.3) is 5.56 Å². The number of carbonyl (C=O) groups is 2. The molecule has 0 radical (unpaired) electrons. The largest absolute Gasteiger partial charge is 0.453 e. The number of hydrogen-bond acceptors (Lipinski definition) is 10. The number of thiazole rings is 1. The predicted molar refractivity (Wildman–Crippen MR) is 170 cm³/mol. The maximum absolute atomic E-state index is 13.3. The van der Waals surface area contributed by atoms with Crippen LogP contribution in [0.3, 0.4) is 0 Å². The molecule has 1 atom stereocenters. The molecule has 5 rings (SSSR count). The van der Waals surface area contributed by atoms with Crippen molar-refractivity contribution >= 4 is 46.7 Å². The fourth-order valence-electron chi connectivity index (χ4n) is 4.36. The number of nitrogens with zero attached hydrogens (tertiary/aromatic N) is 6. The van der Waals surface area contributed by atoms with E-state index in [0.29, 0.717) is 45.2 Å². The van der Waals surface area contributed by atoms with Gasteiger partial charge in [-0.1, -0.05) is 37.6 Å². The van der Waals surface area contributed by atoms with E-state index in [2.05, 4.69) is 54.9 Å². The number of aromatic amines is 1. The van der Waals surface area contributed by atoms with Crippen LogP contribution in [0.5, 0.6) is 0 Å². The topological polar surface area (TPSA) is 170 Å². The first kappa shape index (κ1) is 31.2. The van der Waals surface area contributed by atoms with Gasteiger partial charge in [-0.2, -0.15) is 9.78 Å². The standard InChI is InChI=1S/C30H28ClN9O4S/c1-17(2)29-33-22(15-45-29)13-24(35-27(41)11-6-19-12-20(31)7-10-26(19)40-16-32-38-39-40)25-14-23(28(42)37-36-25)18-4-8-21(9-5-18)34-30(43)44-3/h4-12,14-17,24H,13H2,1-3H3,(H,34,43)(H,35,41)(H,37,42). The molecular weight excluding hydrogens is 618 g/mol. The van der Waals surface area contributed by atoms with Crippen molar-refractivity contribution in [2.24, 2.45) is 0 Å². The summed E-state index contributed by atoms with van der Waals surface area (Å²) in [6, 6.07) is 12.8. The van der Waals surface area contributed by atoms with E-state index >= 15 is 0 Å². The van der Waals surface area contributed by atoms with Gasteiger partial charge in [-0.15, -0.1) is 16.4 Å². The van der Waals surface area contributed by atoms with Gasteiger partial charge >= 0.3 is 6.09 Å². The van der Waals surface area contributed by atoms with Crippen molar-refractivity contribution in [3.8, 4) is 16.8 Å². The number of aromatic nitrogens is 7. The SMILES string of the molecule is COC(=O)Nc1ccc(-c2cc(C(Cc3csc(C(C)C)n3)NC(=O)C=Cc3cc(Cl)ccc3-n3cnnn3)n[nH]c2=O)cc1. The second-order valence-electron chi connectivity index (χ2n) is 10.1. The van der Waals surface area contributed by atoms with Crippen LogP contribution in [-0.4, -0.2) is 54.5 Å². The van der Waals surface area contributed by atoms with Crippen molar-refractivity contribution in [2.45, 2.75) is 32.2 Å².